The summed E-state index contributed by atoms with van der Waals surface area (Å²) >= 11 is 6.06. The molecule has 0 saturated heterocycles. The van der Waals surface area contributed by atoms with Crippen LogP contribution in [0.2, 0.25) is 5.02 Å². The summed E-state index contributed by atoms with van der Waals surface area (Å²) in [5.41, 5.74) is 8.31. The van der Waals surface area contributed by atoms with Gasteiger partial charge in [0.15, 0.2) is 0 Å². The molecule has 2 aromatic rings. The molecule has 0 radical (unpaired) electrons. The Balaban J connectivity index is 2.54. The van der Waals surface area contributed by atoms with Gasteiger partial charge in [0.05, 0.1) is 11.4 Å². The normalized spacial score (nSPS) is 10.8. The number of H-pyrrole nitrogens is 1. The van der Waals surface area contributed by atoms with E-state index >= 15 is 0 Å². The maximum atomic E-state index is 12.0. The summed E-state index contributed by atoms with van der Waals surface area (Å²) in [6.07, 6.45) is 1.69. The molecule has 0 unspecified atom stereocenters. The molecule has 0 aliphatic heterocycles. The summed E-state index contributed by atoms with van der Waals surface area (Å²) in [6, 6.07) is 5.47. The van der Waals surface area contributed by atoms with E-state index in [2.05, 4.69) is 5.10 Å². The largest absolute Gasteiger partial charge is 0.393 e. The van der Waals surface area contributed by atoms with Gasteiger partial charge in [-0.05, 0) is 31.0 Å². The lowest BCUT2D eigenvalue weighted by molar-refractivity contribution is 0.793. The van der Waals surface area contributed by atoms with Crippen molar-refractivity contribution in [2.75, 3.05) is 5.73 Å². The third kappa shape index (κ3) is 2.16. The van der Waals surface area contributed by atoms with E-state index in [4.69, 9.17) is 17.3 Å². The van der Waals surface area contributed by atoms with E-state index in [1.165, 1.54) is 4.68 Å². The van der Waals surface area contributed by atoms with Crippen LogP contribution in [0, 0.1) is 6.92 Å². The van der Waals surface area contributed by atoms with Crippen molar-refractivity contribution in [2.45, 2.75) is 26.7 Å². The first-order valence-electron chi connectivity index (χ1n) is 5.90. The van der Waals surface area contributed by atoms with Crippen LogP contribution in [0.25, 0.3) is 5.69 Å². The molecule has 0 atom stereocenters. The van der Waals surface area contributed by atoms with Crippen LogP contribution in [0.4, 0.5) is 5.69 Å². The van der Waals surface area contributed by atoms with Crippen molar-refractivity contribution in [3.63, 3.8) is 0 Å². The number of benzene rings is 1. The number of nitrogen functional groups attached to an aromatic ring is 1. The molecule has 0 amide bonds. The fraction of sp³-hybridized carbons (Fsp3) is 0.308. The van der Waals surface area contributed by atoms with Gasteiger partial charge < -0.3 is 5.73 Å². The second-order valence-corrected chi connectivity index (χ2v) is 4.74. The van der Waals surface area contributed by atoms with Gasteiger partial charge in [-0.25, -0.2) is 4.68 Å². The van der Waals surface area contributed by atoms with Crippen LogP contribution in [-0.2, 0) is 6.42 Å². The number of rotatable bonds is 3. The molecular weight excluding hydrogens is 250 g/mol. The molecule has 2 rings (SSSR count). The van der Waals surface area contributed by atoms with Gasteiger partial charge in [0, 0.05) is 5.02 Å². The van der Waals surface area contributed by atoms with Crippen LogP contribution < -0.4 is 11.3 Å². The molecule has 1 heterocycles. The summed E-state index contributed by atoms with van der Waals surface area (Å²) in [5.74, 6) is 0. The Hall–Kier alpha value is -1.68. The quantitative estimate of drug-likeness (QED) is 0.896. The van der Waals surface area contributed by atoms with E-state index in [1.54, 1.807) is 6.07 Å². The number of aromatic amines is 1. The van der Waals surface area contributed by atoms with Crippen LogP contribution in [-0.4, -0.2) is 9.78 Å². The zero-order valence-electron chi connectivity index (χ0n) is 10.5. The molecule has 1 aromatic heterocycles. The number of nitrogens with two attached hydrogens (primary N) is 1. The predicted molar refractivity (Wildman–Crippen MR) is 74.5 cm³/mol. The van der Waals surface area contributed by atoms with Crippen LogP contribution in [0.3, 0.4) is 0 Å². The first kappa shape index (κ1) is 12.8. The number of anilines is 1. The monoisotopic (exact) mass is 265 g/mol. The fourth-order valence-corrected chi connectivity index (χ4v) is 2.01. The summed E-state index contributed by atoms with van der Waals surface area (Å²) in [6.45, 7) is 3.96. The molecule has 0 bridgehead atoms. The Bertz CT molecular complexity index is 628. The van der Waals surface area contributed by atoms with Gasteiger partial charge >= 0.3 is 0 Å². The topological polar surface area (TPSA) is 63.8 Å². The lowest BCUT2D eigenvalue weighted by Crippen LogP contribution is -2.16. The predicted octanol–water partition coefficient (Wildman–Crippen LogP) is 2.66. The second kappa shape index (κ2) is 4.90. The van der Waals surface area contributed by atoms with Gasteiger partial charge in [-0.15, -0.1) is 0 Å². The fourth-order valence-electron chi connectivity index (χ4n) is 1.84. The third-order valence-corrected chi connectivity index (χ3v) is 3.33. The standard InChI is InChI=1S/C13H16ClN3O/c1-3-4-11-12(15)13(18)17(16-11)9-6-5-8(2)10(14)7-9/h5-7,16H,3-4,15H2,1-2H3. The minimum absolute atomic E-state index is 0.224. The van der Waals surface area contributed by atoms with Crippen molar-refractivity contribution >= 4 is 17.3 Å². The van der Waals surface area contributed by atoms with Crippen molar-refractivity contribution in [1.29, 1.82) is 0 Å². The summed E-state index contributed by atoms with van der Waals surface area (Å²) in [5, 5.41) is 3.66. The van der Waals surface area contributed by atoms with Crippen LogP contribution >= 0.6 is 11.6 Å². The van der Waals surface area contributed by atoms with Gasteiger partial charge in [0.2, 0.25) is 0 Å². The van der Waals surface area contributed by atoms with Crippen LogP contribution in [0.15, 0.2) is 23.0 Å². The number of nitrogens with one attached hydrogen (secondary N) is 1. The second-order valence-electron chi connectivity index (χ2n) is 4.33. The molecule has 96 valence electrons. The third-order valence-electron chi connectivity index (χ3n) is 2.92. The molecule has 0 fully saturated rings. The maximum Gasteiger partial charge on any atom is 0.294 e. The highest BCUT2D eigenvalue weighted by atomic mass is 35.5. The van der Waals surface area contributed by atoms with Gasteiger partial charge in [-0.3, -0.25) is 9.89 Å². The zero-order valence-corrected chi connectivity index (χ0v) is 11.2. The van der Waals surface area contributed by atoms with E-state index in [9.17, 15) is 4.79 Å². The molecule has 0 aliphatic carbocycles. The van der Waals surface area contributed by atoms with Crippen molar-refractivity contribution in [3.8, 4) is 5.69 Å². The lowest BCUT2D eigenvalue weighted by atomic mass is 10.2. The minimum atomic E-state index is -0.224. The van der Waals surface area contributed by atoms with Crippen molar-refractivity contribution in [1.82, 2.24) is 9.78 Å². The summed E-state index contributed by atoms with van der Waals surface area (Å²) < 4.78 is 1.44. The van der Waals surface area contributed by atoms with Gasteiger partial charge in [0.1, 0.15) is 5.69 Å². The van der Waals surface area contributed by atoms with Crippen molar-refractivity contribution < 1.29 is 0 Å². The van der Waals surface area contributed by atoms with E-state index in [0.29, 0.717) is 10.7 Å². The van der Waals surface area contributed by atoms with Crippen molar-refractivity contribution in [3.05, 3.63) is 44.8 Å². The molecule has 1 aromatic carbocycles. The Morgan fingerprint density at radius 2 is 2.17 bits per heavy atom. The van der Waals surface area contributed by atoms with E-state index in [-0.39, 0.29) is 11.2 Å². The summed E-state index contributed by atoms with van der Waals surface area (Å²) in [4.78, 5) is 12.0. The highest BCUT2D eigenvalue weighted by Crippen LogP contribution is 2.19. The van der Waals surface area contributed by atoms with E-state index in [1.807, 2.05) is 26.0 Å². The number of nitrogens with zero attached hydrogens (tertiary/aromatic N) is 1. The maximum absolute atomic E-state index is 12.0. The average Bonchev–Trinajstić information content (AvgIpc) is 2.62. The Morgan fingerprint density at radius 3 is 2.78 bits per heavy atom. The first-order chi connectivity index (χ1) is 8.54. The molecule has 5 heteroatoms. The molecule has 0 aliphatic rings. The average molecular weight is 266 g/mol. The molecule has 4 nitrogen and oxygen atoms in total. The SMILES string of the molecule is CCCc1[nH]n(-c2ccc(C)c(Cl)c2)c(=O)c1N. The molecule has 0 spiro atoms. The Kier molecular flexibility index (Phi) is 3.48. The van der Waals surface area contributed by atoms with Gasteiger partial charge in [-0.2, -0.15) is 0 Å². The summed E-state index contributed by atoms with van der Waals surface area (Å²) in [7, 11) is 0. The minimum Gasteiger partial charge on any atom is -0.393 e. The number of aryl methyl sites for hydroxylation is 2. The highest BCUT2D eigenvalue weighted by molar-refractivity contribution is 6.31. The number of hydrogen-bond donors (Lipinski definition) is 2. The Labute approximate surface area is 110 Å². The number of halogens is 1. The number of hydrogen-bond acceptors (Lipinski definition) is 2. The smallest absolute Gasteiger partial charge is 0.294 e. The van der Waals surface area contributed by atoms with Gasteiger partial charge in [-0.1, -0.05) is 31.0 Å². The van der Waals surface area contributed by atoms with E-state index < -0.39 is 0 Å². The van der Waals surface area contributed by atoms with Crippen LogP contribution in [0.1, 0.15) is 24.6 Å². The molecule has 3 N–H and O–H groups in total. The molecule has 18 heavy (non-hydrogen) atoms. The number of aromatic nitrogens is 2. The Morgan fingerprint density at radius 1 is 1.44 bits per heavy atom. The van der Waals surface area contributed by atoms with Gasteiger partial charge in [0.25, 0.3) is 5.56 Å². The van der Waals surface area contributed by atoms with E-state index in [0.717, 1.165) is 24.1 Å². The molecular formula is C13H16ClN3O. The molecule has 0 saturated carbocycles. The first-order valence-corrected chi connectivity index (χ1v) is 6.28. The zero-order chi connectivity index (χ0) is 13.3. The highest BCUT2D eigenvalue weighted by Gasteiger charge is 2.12. The van der Waals surface area contributed by atoms with Crippen molar-refractivity contribution in [2.24, 2.45) is 0 Å². The lowest BCUT2D eigenvalue weighted by Gasteiger charge is -2.04. The van der Waals surface area contributed by atoms with Crippen LogP contribution in [0.5, 0.6) is 0 Å².